The molecule has 94 valence electrons. The molecule has 3 heteroatoms. The molecule has 1 saturated heterocycles. The van der Waals surface area contributed by atoms with E-state index in [2.05, 4.69) is 9.80 Å². The summed E-state index contributed by atoms with van der Waals surface area (Å²) in [6.07, 6.45) is 7.06. The van der Waals surface area contributed by atoms with Crippen LogP contribution in [0.2, 0.25) is 0 Å². The normalized spacial score (nSPS) is 25.3. The Labute approximate surface area is 100.0 Å². The molecule has 1 heterocycles. The van der Waals surface area contributed by atoms with Gasteiger partial charge in [-0.1, -0.05) is 12.8 Å². The molecule has 1 aliphatic heterocycles. The first-order chi connectivity index (χ1) is 7.88. The van der Waals surface area contributed by atoms with Crippen LogP contribution in [0.5, 0.6) is 0 Å². The lowest BCUT2D eigenvalue weighted by atomic mass is 10.1. The molecule has 0 atom stereocenters. The van der Waals surface area contributed by atoms with Gasteiger partial charge < -0.3 is 15.5 Å². The van der Waals surface area contributed by atoms with E-state index in [1.165, 1.54) is 65.0 Å². The van der Waals surface area contributed by atoms with Crippen molar-refractivity contribution in [2.75, 3.05) is 45.8 Å². The average Bonchev–Trinajstić information content (AvgIpc) is 2.81. The minimum absolute atomic E-state index is 0.836. The summed E-state index contributed by atoms with van der Waals surface area (Å²) in [4.78, 5) is 5.24. The first-order valence-corrected chi connectivity index (χ1v) is 7.03. The molecule has 2 rings (SSSR count). The van der Waals surface area contributed by atoms with Gasteiger partial charge in [-0.2, -0.15) is 0 Å². The molecule has 1 aliphatic carbocycles. The predicted molar refractivity (Wildman–Crippen MR) is 68.5 cm³/mol. The second kappa shape index (κ2) is 6.58. The topological polar surface area (TPSA) is 32.5 Å². The van der Waals surface area contributed by atoms with Gasteiger partial charge in [-0.15, -0.1) is 0 Å². The molecule has 0 amide bonds. The summed E-state index contributed by atoms with van der Waals surface area (Å²) in [5.74, 6) is 1.01. The Hall–Kier alpha value is -0.120. The highest BCUT2D eigenvalue weighted by Crippen LogP contribution is 2.25. The fraction of sp³-hybridized carbons (Fsp3) is 1.00. The van der Waals surface area contributed by atoms with Crippen LogP contribution in [0, 0.1) is 5.92 Å². The van der Waals surface area contributed by atoms with Crippen molar-refractivity contribution >= 4 is 0 Å². The maximum absolute atomic E-state index is 5.54. The van der Waals surface area contributed by atoms with Crippen LogP contribution in [0.3, 0.4) is 0 Å². The highest BCUT2D eigenvalue weighted by molar-refractivity contribution is 4.76. The van der Waals surface area contributed by atoms with Crippen LogP contribution in [0.4, 0.5) is 0 Å². The molecule has 2 N–H and O–H groups in total. The van der Waals surface area contributed by atoms with E-state index >= 15 is 0 Å². The van der Waals surface area contributed by atoms with Crippen LogP contribution in [0.15, 0.2) is 0 Å². The van der Waals surface area contributed by atoms with Crippen molar-refractivity contribution < 1.29 is 0 Å². The van der Waals surface area contributed by atoms with Gasteiger partial charge in [0.1, 0.15) is 0 Å². The summed E-state index contributed by atoms with van der Waals surface area (Å²) in [5.41, 5.74) is 5.54. The molecule has 2 fully saturated rings. The van der Waals surface area contributed by atoms with Crippen molar-refractivity contribution in [1.29, 1.82) is 0 Å². The van der Waals surface area contributed by atoms with E-state index in [0.29, 0.717) is 0 Å². The molecule has 0 unspecified atom stereocenters. The Morgan fingerprint density at radius 3 is 2.19 bits per heavy atom. The maximum atomic E-state index is 5.54. The first kappa shape index (κ1) is 12.3. The molecule has 0 radical (unpaired) electrons. The maximum Gasteiger partial charge on any atom is 0.0110 e. The van der Waals surface area contributed by atoms with Gasteiger partial charge in [0.2, 0.25) is 0 Å². The Morgan fingerprint density at radius 2 is 1.56 bits per heavy atom. The van der Waals surface area contributed by atoms with Gasteiger partial charge >= 0.3 is 0 Å². The summed E-state index contributed by atoms with van der Waals surface area (Å²) in [7, 11) is 0. The lowest BCUT2D eigenvalue weighted by Crippen LogP contribution is -2.47. The van der Waals surface area contributed by atoms with E-state index < -0.39 is 0 Å². The smallest absolute Gasteiger partial charge is 0.0110 e. The summed E-state index contributed by atoms with van der Waals surface area (Å²) in [6.45, 7) is 8.47. The zero-order valence-corrected chi connectivity index (χ0v) is 10.5. The second-order valence-electron chi connectivity index (χ2n) is 5.43. The van der Waals surface area contributed by atoms with Gasteiger partial charge in [-0.3, -0.25) is 0 Å². The number of nitrogens with two attached hydrogens (primary N) is 1. The van der Waals surface area contributed by atoms with Crippen molar-refractivity contribution in [3.8, 4) is 0 Å². The molecular weight excluding hydrogens is 198 g/mol. The van der Waals surface area contributed by atoms with Crippen LogP contribution in [-0.4, -0.2) is 55.6 Å². The Bertz CT molecular complexity index is 182. The highest BCUT2D eigenvalue weighted by Gasteiger charge is 2.21. The Balaban J connectivity index is 1.60. The summed E-state index contributed by atoms with van der Waals surface area (Å²) in [5, 5.41) is 0. The van der Waals surface area contributed by atoms with E-state index in [4.69, 9.17) is 5.73 Å². The van der Waals surface area contributed by atoms with Gasteiger partial charge in [-0.05, 0) is 38.3 Å². The minimum atomic E-state index is 0.836. The van der Waals surface area contributed by atoms with Crippen LogP contribution < -0.4 is 5.73 Å². The van der Waals surface area contributed by atoms with E-state index in [1.54, 1.807) is 0 Å². The lowest BCUT2D eigenvalue weighted by molar-refractivity contribution is 0.118. The van der Waals surface area contributed by atoms with E-state index in [1.807, 2.05) is 0 Å². The summed E-state index contributed by atoms with van der Waals surface area (Å²) >= 11 is 0. The quantitative estimate of drug-likeness (QED) is 0.761. The van der Waals surface area contributed by atoms with Crippen LogP contribution >= 0.6 is 0 Å². The molecule has 0 bridgehead atoms. The second-order valence-corrected chi connectivity index (χ2v) is 5.43. The third-order valence-electron chi connectivity index (χ3n) is 4.13. The predicted octanol–water partition coefficient (Wildman–Crippen LogP) is 1.14. The molecule has 0 aromatic heterocycles. The summed E-state index contributed by atoms with van der Waals surface area (Å²) < 4.78 is 0. The molecule has 3 nitrogen and oxygen atoms in total. The van der Waals surface area contributed by atoms with Crippen molar-refractivity contribution in [2.45, 2.75) is 32.1 Å². The zero-order chi connectivity index (χ0) is 11.2. The number of nitrogens with zero attached hydrogens (tertiary/aromatic N) is 2. The molecule has 16 heavy (non-hydrogen) atoms. The van der Waals surface area contributed by atoms with Crippen molar-refractivity contribution in [2.24, 2.45) is 11.7 Å². The SMILES string of the molecule is NCCCN1CCN(CC2CCCC2)CC1. The number of piperazine rings is 1. The van der Waals surface area contributed by atoms with E-state index in [-0.39, 0.29) is 0 Å². The molecule has 0 spiro atoms. The molecule has 1 saturated carbocycles. The average molecular weight is 225 g/mol. The largest absolute Gasteiger partial charge is 0.330 e. The molecule has 2 aliphatic rings. The summed E-state index contributed by atoms with van der Waals surface area (Å²) in [6, 6.07) is 0. The van der Waals surface area contributed by atoms with E-state index in [0.717, 1.165) is 18.9 Å². The lowest BCUT2D eigenvalue weighted by Gasteiger charge is -2.35. The number of hydrogen-bond acceptors (Lipinski definition) is 3. The fourth-order valence-electron chi connectivity index (χ4n) is 3.07. The van der Waals surface area contributed by atoms with Crippen LogP contribution in [0.1, 0.15) is 32.1 Å². The van der Waals surface area contributed by atoms with Crippen molar-refractivity contribution in [3.63, 3.8) is 0 Å². The molecular formula is C13H27N3. The van der Waals surface area contributed by atoms with Gasteiger partial charge in [0.25, 0.3) is 0 Å². The van der Waals surface area contributed by atoms with Gasteiger partial charge in [0.15, 0.2) is 0 Å². The third-order valence-corrected chi connectivity index (χ3v) is 4.13. The fourth-order valence-corrected chi connectivity index (χ4v) is 3.07. The molecule has 0 aromatic carbocycles. The van der Waals surface area contributed by atoms with Crippen LogP contribution in [0.25, 0.3) is 0 Å². The number of rotatable bonds is 5. The van der Waals surface area contributed by atoms with Crippen LogP contribution in [-0.2, 0) is 0 Å². The Kier molecular flexibility index (Phi) is 5.07. The van der Waals surface area contributed by atoms with Crippen molar-refractivity contribution in [3.05, 3.63) is 0 Å². The zero-order valence-electron chi connectivity index (χ0n) is 10.5. The first-order valence-electron chi connectivity index (χ1n) is 7.03. The highest BCUT2D eigenvalue weighted by atomic mass is 15.3. The van der Waals surface area contributed by atoms with Gasteiger partial charge in [0, 0.05) is 32.7 Å². The molecule has 0 aromatic rings. The number of hydrogen-bond donors (Lipinski definition) is 1. The third kappa shape index (κ3) is 3.72. The van der Waals surface area contributed by atoms with E-state index in [9.17, 15) is 0 Å². The minimum Gasteiger partial charge on any atom is -0.330 e. The Morgan fingerprint density at radius 1 is 0.938 bits per heavy atom. The standard InChI is InChI=1S/C13H27N3/c14-6-3-7-15-8-10-16(11-9-15)12-13-4-1-2-5-13/h13H,1-12,14H2. The monoisotopic (exact) mass is 225 g/mol. The van der Waals surface area contributed by atoms with Crippen molar-refractivity contribution in [1.82, 2.24) is 9.80 Å². The van der Waals surface area contributed by atoms with Gasteiger partial charge in [-0.25, -0.2) is 0 Å². The van der Waals surface area contributed by atoms with Gasteiger partial charge in [0.05, 0.1) is 0 Å².